The first kappa shape index (κ1) is 12.6. The lowest BCUT2D eigenvalue weighted by Gasteiger charge is -2.46. The smallest absolute Gasteiger partial charge is 0.0827 e. The molecule has 0 aromatic rings. The van der Waals surface area contributed by atoms with Crippen LogP contribution in [0.4, 0.5) is 0 Å². The second-order valence-corrected chi connectivity index (χ2v) is 6.61. The van der Waals surface area contributed by atoms with Crippen molar-refractivity contribution in [2.24, 2.45) is 0 Å². The molecule has 6 heteroatoms. The van der Waals surface area contributed by atoms with Crippen molar-refractivity contribution in [1.29, 1.82) is 0 Å². The third kappa shape index (κ3) is 2.23. The average Bonchev–Trinajstić information content (AvgIpc) is 2.60. The first-order chi connectivity index (χ1) is 8.21. The summed E-state index contributed by atoms with van der Waals surface area (Å²) in [5.41, 5.74) is 4.16. The van der Waals surface area contributed by atoms with Crippen LogP contribution < -0.4 is 16.1 Å². The molecule has 0 radical (unpaired) electrons. The monoisotopic (exact) mass is 351 g/mol. The molecular formula is C11H22IN5. The van der Waals surface area contributed by atoms with Gasteiger partial charge in [0.05, 0.1) is 11.7 Å². The maximum Gasteiger partial charge on any atom is 0.0827 e. The van der Waals surface area contributed by atoms with Gasteiger partial charge < -0.3 is 10.6 Å². The van der Waals surface area contributed by atoms with Gasteiger partial charge in [0.1, 0.15) is 0 Å². The molecule has 3 aliphatic rings. The van der Waals surface area contributed by atoms with Crippen LogP contribution in [0.1, 0.15) is 19.8 Å². The molecule has 0 amide bonds. The number of piperazine rings is 1. The van der Waals surface area contributed by atoms with E-state index >= 15 is 0 Å². The van der Waals surface area contributed by atoms with Gasteiger partial charge in [-0.3, -0.25) is 0 Å². The van der Waals surface area contributed by atoms with Crippen LogP contribution in [0.3, 0.4) is 0 Å². The van der Waals surface area contributed by atoms with Crippen molar-refractivity contribution >= 4 is 22.9 Å². The second-order valence-electron chi connectivity index (χ2n) is 5.57. The van der Waals surface area contributed by atoms with Crippen molar-refractivity contribution in [3.05, 3.63) is 0 Å². The lowest BCUT2D eigenvalue weighted by molar-refractivity contribution is 0.0504. The summed E-state index contributed by atoms with van der Waals surface area (Å²) in [5, 5.41) is 9.26. The van der Waals surface area contributed by atoms with Gasteiger partial charge >= 0.3 is 0 Å². The van der Waals surface area contributed by atoms with E-state index in [0.29, 0.717) is 17.7 Å². The maximum absolute atomic E-state index is 3.72. The Morgan fingerprint density at radius 2 is 2.18 bits per heavy atom. The zero-order valence-corrected chi connectivity index (χ0v) is 12.5. The van der Waals surface area contributed by atoms with Gasteiger partial charge in [0, 0.05) is 61.6 Å². The molecule has 1 spiro atoms. The predicted octanol–water partition coefficient (Wildman–Crippen LogP) is -0.101. The first-order valence-electron chi connectivity index (χ1n) is 6.61. The highest BCUT2D eigenvalue weighted by molar-refractivity contribution is 14.1. The van der Waals surface area contributed by atoms with Crippen molar-refractivity contribution in [2.45, 2.75) is 37.5 Å². The van der Waals surface area contributed by atoms with Crippen LogP contribution >= 0.6 is 22.9 Å². The van der Waals surface area contributed by atoms with Gasteiger partial charge in [0.2, 0.25) is 0 Å². The van der Waals surface area contributed by atoms with Gasteiger partial charge in [0.25, 0.3) is 0 Å². The van der Waals surface area contributed by atoms with E-state index in [0.717, 1.165) is 32.7 Å². The molecule has 0 aromatic heterocycles. The third-order valence-corrected chi connectivity index (χ3v) is 6.03. The standard InChI is InChI=1S/C11H22IN5/c1-9-6-13-4-5-16(9)15-10-2-3-11(17(10)12)7-14-8-11/h9-10,13-15H,2-8H2,1H3. The van der Waals surface area contributed by atoms with E-state index < -0.39 is 0 Å². The van der Waals surface area contributed by atoms with Crippen LogP contribution in [-0.4, -0.2) is 58.6 Å². The molecule has 5 nitrogen and oxygen atoms in total. The van der Waals surface area contributed by atoms with E-state index in [-0.39, 0.29) is 0 Å². The summed E-state index contributed by atoms with van der Waals surface area (Å²) < 4.78 is 2.52. The third-order valence-electron chi connectivity index (χ3n) is 4.33. The molecule has 0 saturated carbocycles. The van der Waals surface area contributed by atoms with Crippen LogP contribution in [-0.2, 0) is 0 Å². The van der Waals surface area contributed by atoms with E-state index in [2.05, 4.69) is 54.0 Å². The van der Waals surface area contributed by atoms with E-state index in [4.69, 9.17) is 0 Å². The second kappa shape index (κ2) is 4.90. The normalized spacial score (nSPS) is 38.5. The van der Waals surface area contributed by atoms with Gasteiger partial charge in [-0.25, -0.2) is 13.5 Å². The summed E-state index contributed by atoms with van der Waals surface area (Å²) in [5.74, 6) is 0. The Labute approximate surface area is 117 Å². The topological polar surface area (TPSA) is 42.6 Å². The highest BCUT2D eigenvalue weighted by atomic mass is 127. The lowest BCUT2D eigenvalue weighted by atomic mass is 9.91. The fourth-order valence-corrected chi connectivity index (χ4v) is 4.02. The van der Waals surface area contributed by atoms with Crippen LogP contribution in [0.5, 0.6) is 0 Å². The van der Waals surface area contributed by atoms with Crippen molar-refractivity contribution < 1.29 is 0 Å². The molecule has 2 unspecified atom stereocenters. The number of nitrogens with one attached hydrogen (secondary N) is 3. The minimum absolute atomic E-state index is 0.440. The highest BCUT2D eigenvalue weighted by Crippen LogP contribution is 2.38. The molecule has 17 heavy (non-hydrogen) atoms. The Bertz CT molecular complexity index is 283. The zero-order chi connectivity index (χ0) is 11.9. The lowest BCUT2D eigenvalue weighted by Crippen LogP contribution is -2.67. The molecule has 3 fully saturated rings. The summed E-state index contributed by atoms with van der Waals surface area (Å²) in [4.78, 5) is 0. The number of hydrazine groups is 1. The Balaban J connectivity index is 1.58. The zero-order valence-electron chi connectivity index (χ0n) is 10.4. The molecule has 2 atom stereocenters. The molecule has 3 saturated heterocycles. The number of rotatable bonds is 2. The fourth-order valence-electron chi connectivity index (χ4n) is 3.04. The summed E-state index contributed by atoms with van der Waals surface area (Å²) in [6.45, 7) is 7.89. The van der Waals surface area contributed by atoms with Gasteiger partial charge in [-0.2, -0.15) is 0 Å². The summed E-state index contributed by atoms with van der Waals surface area (Å²) >= 11 is 2.52. The molecule has 3 rings (SSSR count). The molecule has 3 N–H and O–H groups in total. The van der Waals surface area contributed by atoms with Crippen molar-refractivity contribution in [1.82, 2.24) is 24.2 Å². The van der Waals surface area contributed by atoms with Crippen molar-refractivity contribution in [3.8, 4) is 0 Å². The molecule has 3 aliphatic heterocycles. The van der Waals surface area contributed by atoms with Crippen LogP contribution in [0.2, 0.25) is 0 Å². The summed E-state index contributed by atoms with van der Waals surface area (Å²) in [6.07, 6.45) is 3.10. The summed E-state index contributed by atoms with van der Waals surface area (Å²) in [7, 11) is 0. The average molecular weight is 351 g/mol. The van der Waals surface area contributed by atoms with Crippen LogP contribution in [0, 0.1) is 0 Å². The number of hydrogen-bond acceptors (Lipinski definition) is 5. The Kier molecular flexibility index (Phi) is 3.62. The highest BCUT2D eigenvalue weighted by Gasteiger charge is 2.49. The number of nitrogens with zero attached hydrogens (tertiary/aromatic N) is 2. The SMILES string of the molecule is CC1CNCCN1NC1CCC2(CNC2)N1I. The van der Waals surface area contributed by atoms with Gasteiger partial charge in [0.15, 0.2) is 0 Å². The van der Waals surface area contributed by atoms with Crippen LogP contribution in [0.25, 0.3) is 0 Å². The minimum atomic E-state index is 0.440. The van der Waals surface area contributed by atoms with Gasteiger partial charge in [-0.15, -0.1) is 0 Å². The van der Waals surface area contributed by atoms with Gasteiger partial charge in [-0.05, 0) is 19.8 Å². The van der Waals surface area contributed by atoms with E-state index in [1.807, 2.05) is 0 Å². The molecule has 3 heterocycles. The fraction of sp³-hybridized carbons (Fsp3) is 1.00. The quantitative estimate of drug-likeness (QED) is 0.479. The first-order valence-corrected chi connectivity index (χ1v) is 7.57. The van der Waals surface area contributed by atoms with Crippen LogP contribution in [0.15, 0.2) is 0 Å². The molecule has 0 bridgehead atoms. The Hall–Kier alpha value is 0.530. The minimum Gasteiger partial charge on any atom is -0.314 e. The molecule has 0 aromatic carbocycles. The van der Waals surface area contributed by atoms with Crippen molar-refractivity contribution in [3.63, 3.8) is 0 Å². The Morgan fingerprint density at radius 3 is 2.76 bits per heavy atom. The molecule has 0 aliphatic carbocycles. The predicted molar refractivity (Wildman–Crippen MR) is 76.7 cm³/mol. The van der Waals surface area contributed by atoms with Gasteiger partial charge in [-0.1, -0.05) is 0 Å². The number of hydrogen-bond donors (Lipinski definition) is 3. The Morgan fingerprint density at radius 1 is 1.35 bits per heavy atom. The molecule has 98 valence electrons. The van der Waals surface area contributed by atoms with E-state index in [9.17, 15) is 0 Å². The summed E-state index contributed by atoms with van der Waals surface area (Å²) in [6, 6.07) is 0.588. The van der Waals surface area contributed by atoms with Crippen molar-refractivity contribution in [2.75, 3.05) is 32.7 Å². The molecular weight excluding hydrogens is 329 g/mol. The van der Waals surface area contributed by atoms with E-state index in [1.54, 1.807) is 0 Å². The maximum atomic E-state index is 3.72. The van der Waals surface area contributed by atoms with E-state index in [1.165, 1.54) is 12.8 Å². The largest absolute Gasteiger partial charge is 0.314 e. The number of halogens is 1.